The Balaban J connectivity index is 1.56. The molecule has 3 rings (SSSR count). The number of aryl methyl sites for hydroxylation is 2. The Bertz CT molecular complexity index is 694. The van der Waals surface area contributed by atoms with Crippen LogP contribution in [0, 0.1) is 19.3 Å². The van der Waals surface area contributed by atoms with Gasteiger partial charge in [0.2, 0.25) is 0 Å². The highest BCUT2D eigenvalue weighted by atomic mass is 16.3. The van der Waals surface area contributed by atoms with Crippen LogP contribution in [-0.2, 0) is 7.05 Å². The highest BCUT2D eigenvalue weighted by Crippen LogP contribution is 2.47. The van der Waals surface area contributed by atoms with E-state index in [2.05, 4.69) is 24.0 Å². The molecule has 1 amide bonds. The summed E-state index contributed by atoms with van der Waals surface area (Å²) >= 11 is 0. The number of likely N-dealkylation sites (N-methyl/N-ethyl adjacent to an activating group) is 1. The van der Waals surface area contributed by atoms with Gasteiger partial charge < -0.3 is 14.9 Å². The number of hydrogen-bond acceptors (Lipinski definition) is 4. The predicted molar refractivity (Wildman–Crippen MR) is 111 cm³/mol. The van der Waals surface area contributed by atoms with Crippen molar-refractivity contribution in [1.82, 2.24) is 19.6 Å². The number of rotatable bonds is 5. The van der Waals surface area contributed by atoms with Crippen molar-refractivity contribution in [2.45, 2.75) is 71.3 Å². The third-order valence-corrected chi connectivity index (χ3v) is 7.25. The van der Waals surface area contributed by atoms with Crippen molar-refractivity contribution in [3.8, 4) is 0 Å². The van der Waals surface area contributed by atoms with Crippen molar-refractivity contribution in [2.75, 3.05) is 33.2 Å². The quantitative estimate of drug-likeness (QED) is 0.840. The van der Waals surface area contributed by atoms with Crippen molar-refractivity contribution in [3.63, 3.8) is 0 Å². The molecular weight excluding hydrogens is 352 g/mol. The van der Waals surface area contributed by atoms with E-state index in [0.717, 1.165) is 88.1 Å². The van der Waals surface area contributed by atoms with E-state index < -0.39 is 5.60 Å². The fraction of sp³-hybridized carbons (Fsp3) is 0.818. The van der Waals surface area contributed by atoms with Crippen LogP contribution in [0.25, 0.3) is 0 Å². The van der Waals surface area contributed by atoms with E-state index in [4.69, 9.17) is 0 Å². The van der Waals surface area contributed by atoms with Gasteiger partial charge >= 0.3 is 0 Å². The van der Waals surface area contributed by atoms with E-state index in [1.807, 2.05) is 25.8 Å². The Morgan fingerprint density at radius 2 is 1.75 bits per heavy atom. The molecule has 0 aromatic carbocycles. The SMILES string of the molecule is CCCN(C)CC1(O)CCC2(CCN(C(=O)c3c(C)nn(C)c3C)CC2)CC1. The maximum Gasteiger partial charge on any atom is 0.257 e. The summed E-state index contributed by atoms with van der Waals surface area (Å²) in [5.74, 6) is 0.131. The second-order valence-corrected chi connectivity index (χ2v) is 9.42. The number of aromatic nitrogens is 2. The Hall–Kier alpha value is -1.40. The summed E-state index contributed by atoms with van der Waals surface area (Å²) in [5, 5.41) is 15.4. The van der Waals surface area contributed by atoms with Gasteiger partial charge in [0.1, 0.15) is 0 Å². The Kier molecular flexibility index (Phi) is 6.20. The lowest BCUT2D eigenvalue weighted by Gasteiger charge is -2.49. The molecule has 2 aliphatic rings. The molecule has 158 valence electrons. The van der Waals surface area contributed by atoms with Gasteiger partial charge in [-0.2, -0.15) is 5.10 Å². The fourth-order valence-corrected chi connectivity index (χ4v) is 5.29. The molecule has 1 saturated heterocycles. The summed E-state index contributed by atoms with van der Waals surface area (Å²) in [6, 6.07) is 0. The van der Waals surface area contributed by atoms with Crippen LogP contribution in [0.1, 0.15) is 73.6 Å². The number of aliphatic hydroxyl groups is 1. The zero-order valence-corrected chi connectivity index (χ0v) is 18.4. The molecule has 1 N–H and O–H groups in total. The van der Waals surface area contributed by atoms with E-state index in [-0.39, 0.29) is 5.91 Å². The maximum atomic E-state index is 13.0. The van der Waals surface area contributed by atoms with Gasteiger partial charge in [-0.25, -0.2) is 0 Å². The molecule has 0 atom stereocenters. The van der Waals surface area contributed by atoms with Crippen LogP contribution in [-0.4, -0.2) is 69.4 Å². The summed E-state index contributed by atoms with van der Waals surface area (Å²) in [5.41, 5.74) is 2.32. The van der Waals surface area contributed by atoms with Crippen molar-refractivity contribution >= 4 is 5.91 Å². The largest absolute Gasteiger partial charge is 0.389 e. The summed E-state index contributed by atoms with van der Waals surface area (Å²) in [4.78, 5) is 17.3. The second-order valence-electron chi connectivity index (χ2n) is 9.42. The first-order valence-electron chi connectivity index (χ1n) is 10.9. The third-order valence-electron chi connectivity index (χ3n) is 7.25. The molecule has 0 unspecified atom stereocenters. The van der Waals surface area contributed by atoms with Crippen molar-refractivity contribution in [3.05, 3.63) is 17.0 Å². The van der Waals surface area contributed by atoms with E-state index in [1.54, 1.807) is 4.68 Å². The number of hydrogen-bond donors (Lipinski definition) is 1. The summed E-state index contributed by atoms with van der Waals surface area (Å²) < 4.78 is 1.80. The molecule has 0 radical (unpaired) electrons. The molecule has 1 aliphatic carbocycles. The van der Waals surface area contributed by atoms with Crippen LogP contribution >= 0.6 is 0 Å². The van der Waals surface area contributed by atoms with Crippen LogP contribution in [0.3, 0.4) is 0 Å². The number of amides is 1. The average molecular weight is 391 g/mol. The summed E-state index contributed by atoms with van der Waals surface area (Å²) in [6.45, 7) is 9.53. The normalized spacial score (nSPS) is 21.5. The van der Waals surface area contributed by atoms with Gasteiger partial charge in [0.05, 0.1) is 16.9 Å². The molecule has 1 saturated carbocycles. The summed E-state index contributed by atoms with van der Waals surface area (Å²) in [6.07, 6.45) is 7.16. The van der Waals surface area contributed by atoms with E-state index in [0.29, 0.717) is 5.41 Å². The first-order chi connectivity index (χ1) is 13.2. The molecule has 2 heterocycles. The van der Waals surface area contributed by atoms with Crippen LogP contribution in [0.5, 0.6) is 0 Å². The molecule has 1 aromatic heterocycles. The highest BCUT2D eigenvalue weighted by Gasteiger charge is 2.44. The standard InChI is InChI=1S/C22H38N4O2/c1-6-13-24(4)16-22(28)9-7-21(8-10-22)11-14-26(15-12-21)20(27)19-17(2)23-25(5)18(19)3/h28H,6-16H2,1-5H3. The second kappa shape index (κ2) is 8.15. The van der Waals surface area contributed by atoms with Crippen molar-refractivity contribution in [1.29, 1.82) is 0 Å². The smallest absolute Gasteiger partial charge is 0.257 e. The minimum absolute atomic E-state index is 0.131. The number of likely N-dealkylation sites (tertiary alicyclic amines) is 1. The van der Waals surface area contributed by atoms with E-state index >= 15 is 0 Å². The van der Waals surface area contributed by atoms with Crippen LogP contribution in [0.4, 0.5) is 0 Å². The lowest BCUT2D eigenvalue weighted by atomic mass is 9.64. The zero-order chi connectivity index (χ0) is 20.5. The minimum Gasteiger partial charge on any atom is -0.389 e. The first kappa shape index (κ1) is 21.3. The molecule has 0 bridgehead atoms. The number of carbonyl (C=O) groups is 1. The van der Waals surface area contributed by atoms with Gasteiger partial charge in [-0.1, -0.05) is 6.92 Å². The highest BCUT2D eigenvalue weighted by molar-refractivity contribution is 5.96. The van der Waals surface area contributed by atoms with E-state index in [9.17, 15) is 9.90 Å². The van der Waals surface area contributed by atoms with Crippen LogP contribution in [0.15, 0.2) is 0 Å². The monoisotopic (exact) mass is 390 g/mol. The third kappa shape index (κ3) is 4.28. The van der Waals surface area contributed by atoms with Crippen LogP contribution < -0.4 is 0 Å². The van der Waals surface area contributed by atoms with Gasteiger partial charge in [0, 0.05) is 32.4 Å². The lowest BCUT2D eigenvalue weighted by Crippen LogP contribution is -2.50. The lowest BCUT2D eigenvalue weighted by molar-refractivity contribution is -0.0643. The van der Waals surface area contributed by atoms with Gasteiger partial charge in [-0.15, -0.1) is 0 Å². The molecule has 1 spiro atoms. The Morgan fingerprint density at radius 3 is 2.25 bits per heavy atom. The molecule has 1 aliphatic heterocycles. The average Bonchev–Trinajstić information content (AvgIpc) is 2.90. The molecule has 6 nitrogen and oxygen atoms in total. The molecule has 6 heteroatoms. The minimum atomic E-state index is -0.536. The Morgan fingerprint density at radius 1 is 1.14 bits per heavy atom. The van der Waals surface area contributed by atoms with Crippen molar-refractivity contribution in [2.24, 2.45) is 12.5 Å². The summed E-state index contributed by atoms with van der Waals surface area (Å²) in [7, 11) is 4.00. The van der Waals surface area contributed by atoms with Gasteiger partial charge in [0.15, 0.2) is 0 Å². The number of piperidine rings is 1. The van der Waals surface area contributed by atoms with Crippen molar-refractivity contribution < 1.29 is 9.90 Å². The van der Waals surface area contributed by atoms with Gasteiger partial charge in [-0.3, -0.25) is 9.48 Å². The predicted octanol–water partition coefficient (Wildman–Crippen LogP) is 2.91. The molecular formula is C22H38N4O2. The topological polar surface area (TPSA) is 61.6 Å². The molecule has 28 heavy (non-hydrogen) atoms. The Labute approximate surface area is 169 Å². The fourth-order valence-electron chi connectivity index (χ4n) is 5.29. The van der Waals surface area contributed by atoms with Crippen LogP contribution in [0.2, 0.25) is 0 Å². The maximum absolute atomic E-state index is 13.0. The van der Waals surface area contributed by atoms with E-state index in [1.165, 1.54) is 0 Å². The molecule has 2 fully saturated rings. The van der Waals surface area contributed by atoms with Gasteiger partial charge in [-0.05, 0) is 77.8 Å². The van der Waals surface area contributed by atoms with Gasteiger partial charge in [0.25, 0.3) is 5.91 Å². The zero-order valence-electron chi connectivity index (χ0n) is 18.4. The first-order valence-corrected chi connectivity index (χ1v) is 10.9. The number of nitrogens with zero attached hydrogens (tertiary/aromatic N) is 4. The molecule has 1 aromatic rings. The number of carbonyl (C=O) groups excluding carboxylic acids is 1.